The summed E-state index contributed by atoms with van der Waals surface area (Å²) in [6, 6.07) is 0. The molecule has 0 aliphatic heterocycles. The molecule has 76 valence electrons. The van der Waals surface area contributed by atoms with Crippen LogP contribution in [0, 0.1) is 6.92 Å². The third kappa shape index (κ3) is 3.79. The van der Waals surface area contributed by atoms with Crippen molar-refractivity contribution >= 4 is 23.0 Å². The summed E-state index contributed by atoms with van der Waals surface area (Å²) in [4.78, 5) is 10.6. The molecule has 4 heteroatoms. The molecule has 0 aromatic carbocycles. The molecule has 0 spiro atoms. The zero-order valence-electron chi connectivity index (χ0n) is 8.41. The van der Waals surface area contributed by atoms with Crippen molar-refractivity contribution in [2.75, 3.05) is 5.75 Å². The molecule has 0 aliphatic rings. The summed E-state index contributed by atoms with van der Waals surface area (Å²) in [5.74, 6) is 0.850. The number of thioether (sulfide) groups is 1. The van der Waals surface area contributed by atoms with Gasteiger partial charge < -0.3 is 0 Å². The Kier molecular flexibility index (Phi) is 4.46. The van der Waals surface area contributed by atoms with Crippen molar-refractivity contribution < 1.29 is 4.79 Å². The Balaban J connectivity index is 2.28. The molecule has 0 fully saturated rings. The average Bonchev–Trinajstić information content (AvgIpc) is 2.51. The van der Waals surface area contributed by atoms with Crippen LogP contribution in [0.5, 0.6) is 0 Å². The third-order valence-electron chi connectivity index (χ3n) is 1.76. The van der Waals surface area contributed by atoms with E-state index in [1.54, 1.807) is 13.1 Å². The predicted molar refractivity (Wildman–Crippen MR) is 60.1 cm³/mol. The lowest BCUT2D eigenvalue weighted by atomic mass is 10.2. The van der Waals surface area contributed by atoms with E-state index >= 15 is 0 Å². The molecule has 0 amide bonds. The maximum atomic E-state index is 10.6. The number of carbonyl (C=O) groups is 1. The molecule has 0 aliphatic carbocycles. The van der Waals surface area contributed by atoms with Crippen LogP contribution in [0.2, 0.25) is 0 Å². The van der Waals surface area contributed by atoms with Gasteiger partial charge in [0.2, 0.25) is 0 Å². The first-order valence-corrected chi connectivity index (χ1v) is 5.48. The molecule has 0 atom stereocenters. The van der Waals surface area contributed by atoms with E-state index in [-0.39, 0.29) is 5.12 Å². The first kappa shape index (κ1) is 11.0. The summed E-state index contributed by atoms with van der Waals surface area (Å²) in [5.41, 5.74) is 2.18. The van der Waals surface area contributed by atoms with E-state index in [0.717, 1.165) is 23.4 Å². The number of allylic oxidation sites excluding steroid dienone is 1. The molecule has 14 heavy (non-hydrogen) atoms. The average molecular weight is 210 g/mol. The van der Waals surface area contributed by atoms with Crippen LogP contribution in [0.15, 0.2) is 12.3 Å². The van der Waals surface area contributed by atoms with E-state index in [9.17, 15) is 4.79 Å². The highest BCUT2D eigenvalue weighted by molar-refractivity contribution is 8.13. The van der Waals surface area contributed by atoms with Gasteiger partial charge >= 0.3 is 0 Å². The maximum Gasteiger partial charge on any atom is 0.185 e. The van der Waals surface area contributed by atoms with Gasteiger partial charge in [0.25, 0.3) is 0 Å². The number of aromatic nitrogens is 2. The van der Waals surface area contributed by atoms with Gasteiger partial charge in [0, 0.05) is 23.9 Å². The lowest BCUT2D eigenvalue weighted by Crippen LogP contribution is -1.83. The van der Waals surface area contributed by atoms with Gasteiger partial charge in [0.15, 0.2) is 5.12 Å². The van der Waals surface area contributed by atoms with Gasteiger partial charge in [-0.1, -0.05) is 23.9 Å². The fourth-order valence-electron chi connectivity index (χ4n) is 1.01. The normalized spacial score (nSPS) is 11.0. The number of nitrogens with one attached hydrogen (secondary N) is 1. The lowest BCUT2D eigenvalue weighted by molar-refractivity contribution is -0.109. The van der Waals surface area contributed by atoms with Crippen LogP contribution in [0.25, 0.3) is 6.08 Å². The minimum atomic E-state index is 0.179. The van der Waals surface area contributed by atoms with Crippen LogP contribution < -0.4 is 0 Å². The van der Waals surface area contributed by atoms with Gasteiger partial charge in [-0.05, 0) is 13.3 Å². The first-order chi connectivity index (χ1) is 6.70. The quantitative estimate of drug-likeness (QED) is 0.776. The summed E-state index contributed by atoms with van der Waals surface area (Å²) in [7, 11) is 0. The van der Waals surface area contributed by atoms with Crippen LogP contribution in [0.3, 0.4) is 0 Å². The molecule has 0 unspecified atom stereocenters. The zero-order chi connectivity index (χ0) is 10.4. The van der Waals surface area contributed by atoms with Crippen LogP contribution >= 0.6 is 11.8 Å². The number of H-pyrrole nitrogens is 1. The van der Waals surface area contributed by atoms with Gasteiger partial charge in [0.05, 0.1) is 6.20 Å². The molecule has 1 N–H and O–H groups in total. The molecule has 1 aromatic rings. The third-order valence-corrected chi connectivity index (χ3v) is 2.60. The Morgan fingerprint density at radius 3 is 3.07 bits per heavy atom. The lowest BCUT2D eigenvalue weighted by Gasteiger charge is -1.91. The Morgan fingerprint density at radius 2 is 2.50 bits per heavy atom. The van der Waals surface area contributed by atoms with Gasteiger partial charge in [-0.15, -0.1) is 0 Å². The highest BCUT2D eigenvalue weighted by atomic mass is 32.2. The molecular weight excluding hydrogens is 196 g/mol. The summed E-state index contributed by atoms with van der Waals surface area (Å²) in [6.07, 6.45) is 6.80. The Bertz CT molecular complexity index is 331. The number of rotatable bonds is 4. The number of hydrogen-bond acceptors (Lipinski definition) is 3. The van der Waals surface area contributed by atoms with Crippen molar-refractivity contribution in [2.45, 2.75) is 20.3 Å². The first-order valence-electron chi connectivity index (χ1n) is 4.50. The highest BCUT2D eigenvalue weighted by Gasteiger charge is 1.94. The summed E-state index contributed by atoms with van der Waals surface area (Å²) >= 11 is 1.36. The zero-order valence-corrected chi connectivity index (χ0v) is 9.23. The van der Waals surface area contributed by atoms with Crippen molar-refractivity contribution in [1.29, 1.82) is 0 Å². The minimum Gasteiger partial charge on any atom is -0.288 e. The van der Waals surface area contributed by atoms with Gasteiger partial charge in [-0.3, -0.25) is 9.89 Å². The van der Waals surface area contributed by atoms with Gasteiger partial charge in [-0.2, -0.15) is 5.10 Å². The topological polar surface area (TPSA) is 45.8 Å². The van der Waals surface area contributed by atoms with E-state index in [0.29, 0.717) is 0 Å². The van der Waals surface area contributed by atoms with Crippen molar-refractivity contribution in [3.63, 3.8) is 0 Å². The number of nitrogens with zero attached hydrogens (tertiary/aromatic N) is 1. The molecule has 3 nitrogen and oxygen atoms in total. The molecule has 0 radical (unpaired) electrons. The van der Waals surface area contributed by atoms with Crippen molar-refractivity contribution in [1.82, 2.24) is 10.2 Å². The monoisotopic (exact) mass is 210 g/mol. The van der Waals surface area contributed by atoms with Crippen LogP contribution in [-0.4, -0.2) is 21.1 Å². The molecular formula is C10H14N2OS. The van der Waals surface area contributed by atoms with Gasteiger partial charge in [-0.25, -0.2) is 0 Å². The molecule has 1 rings (SSSR count). The number of hydrogen-bond donors (Lipinski definition) is 1. The molecule has 1 heterocycles. The standard InChI is InChI=1S/C10H14N2OS/c1-8-10(7-11-12-8)5-3-4-6-14-9(2)13/h3,5,7H,4,6H2,1-2H3,(H,11,12). The summed E-state index contributed by atoms with van der Waals surface area (Å²) in [5, 5.41) is 6.96. The number of carbonyl (C=O) groups excluding carboxylic acids is 1. The van der Waals surface area contributed by atoms with Crippen molar-refractivity contribution in [2.24, 2.45) is 0 Å². The smallest absolute Gasteiger partial charge is 0.185 e. The summed E-state index contributed by atoms with van der Waals surface area (Å²) in [6.45, 7) is 3.57. The number of aryl methyl sites for hydroxylation is 1. The fraction of sp³-hybridized carbons (Fsp3) is 0.400. The molecule has 1 aromatic heterocycles. The highest BCUT2D eigenvalue weighted by Crippen LogP contribution is 2.08. The molecule has 0 bridgehead atoms. The Morgan fingerprint density at radius 1 is 1.71 bits per heavy atom. The van der Waals surface area contributed by atoms with Crippen LogP contribution in [-0.2, 0) is 4.79 Å². The van der Waals surface area contributed by atoms with E-state index in [1.807, 2.05) is 13.0 Å². The van der Waals surface area contributed by atoms with Crippen molar-refractivity contribution in [3.8, 4) is 0 Å². The van der Waals surface area contributed by atoms with Gasteiger partial charge in [0.1, 0.15) is 0 Å². The minimum absolute atomic E-state index is 0.179. The number of aromatic amines is 1. The van der Waals surface area contributed by atoms with E-state index in [2.05, 4.69) is 16.3 Å². The SMILES string of the molecule is CC(=O)SCCC=Cc1cn[nH]c1C. The second-order valence-corrected chi connectivity index (χ2v) is 4.25. The second-order valence-electron chi connectivity index (χ2n) is 2.98. The van der Waals surface area contributed by atoms with E-state index in [4.69, 9.17) is 0 Å². The van der Waals surface area contributed by atoms with Crippen molar-refractivity contribution in [3.05, 3.63) is 23.5 Å². The second kappa shape index (κ2) is 5.65. The van der Waals surface area contributed by atoms with E-state index in [1.165, 1.54) is 11.8 Å². The largest absolute Gasteiger partial charge is 0.288 e. The fourth-order valence-corrected chi connectivity index (χ4v) is 1.55. The Hall–Kier alpha value is -1.03. The maximum absolute atomic E-state index is 10.6. The Labute approximate surface area is 88.0 Å². The predicted octanol–water partition coefficient (Wildman–Crippen LogP) is 2.40. The molecule has 0 saturated carbocycles. The van der Waals surface area contributed by atoms with Crippen LogP contribution in [0.1, 0.15) is 24.6 Å². The van der Waals surface area contributed by atoms with Crippen LogP contribution in [0.4, 0.5) is 0 Å². The summed E-state index contributed by atoms with van der Waals surface area (Å²) < 4.78 is 0. The van der Waals surface area contributed by atoms with E-state index < -0.39 is 0 Å². The molecule has 0 saturated heterocycles.